The van der Waals surface area contributed by atoms with Crippen molar-refractivity contribution in [2.45, 2.75) is 198 Å². The molecule has 7 unspecified atom stereocenters. The van der Waals surface area contributed by atoms with Gasteiger partial charge in [0.2, 0.25) is 5.91 Å². The lowest BCUT2D eigenvalue weighted by Gasteiger charge is -2.40. The Morgan fingerprint density at radius 3 is 1.82 bits per heavy atom. The third-order valence-corrected chi connectivity index (χ3v) is 9.25. The van der Waals surface area contributed by atoms with Gasteiger partial charge in [-0.2, -0.15) is 0 Å². The minimum absolute atomic E-state index is 0.145. The zero-order valence-electron chi connectivity index (χ0n) is 30.9. The summed E-state index contributed by atoms with van der Waals surface area (Å²) in [5.41, 5.74) is 0. The van der Waals surface area contributed by atoms with Crippen LogP contribution in [0.5, 0.6) is 0 Å². The van der Waals surface area contributed by atoms with E-state index in [1.807, 2.05) is 0 Å². The predicted octanol–water partition coefficient (Wildman–Crippen LogP) is 6.94. The highest BCUT2D eigenvalue weighted by molar-refractivity contribution is 5.76. The van der Waals surface area contributed by atoms with Crippen molar-refractivity contribution in [2.24, 2.45) is 0 Å². The molecule has 286 valence electrons. The summed E-state index contributed by atoms with van der Waals surface area (Å²) in [6.07, 6.45) is 28.8. The first kappa shape index (κ1) is 45.4. The lowest BCUT2D eigenvalue weighted by molar-refractivity contribution is -0.302. The number of allylic oxidation sites excluding steroid dienone is 6. The van der Waals surface area contributed by atoms with E-state index in [-0.39, 0.29) is 12.5 Å². The van der Waals surface area contributed by atoms with Crippen molar-refractivity contribution in [1.29, 1.82) is 0 Å². The van der Waals surface area contributed by atoms with E-state index in [2.05, 4.69) is 55.6 Å². The molecule has 0 radical (unpaired) electrons. The van der Waals surface area contributed by atoms with Gasteiger partial charge in [0.05, 0.1) is 25.4 Å². The van der Waals surface area contributed by atoms with E-state index in [1.54, 1.807) is 0 Å². The van der Waals surface area contributed by atoms with Crippen LogP contribution in [0.15, 0.2) is 36.5 Å². The van der Waals surface area contributed by atoms with Gasteiger partial charge in [0.1, 0.15) is 24.4 Å². The van der Waals surface area contributed by atoms with E-state index in [0.717, 1.165) is 64.2 Å². The molecule has 1 aliphatic heterocycles. The third-order valence-electron chi connectivity index (χ3n) is 9.25. The summed E-state index contributed by atoms with van der Waals surface area (Å²) in [6, 6.07) is -0.722. The van der Waals surface area contributed by atoms with Gasteiger partial charge in [-0.3, -0.25) is 4.79 Å². The summed E-state index contributed by atoms with van der Waals surface area (Å²) in [5, 5.41) is 53.9. The number of nitrogens with one attached hydrogen (secondary N) is 1. The number of hydrogen-bond acceptors (Lipinski definition) is 8. The molecule has 7 atom stereocenters. The molecular formula is C40H73NO8. The molecule has 0 aromatic carbocycles. The van der Waals surface area contributed by atoms with Crippen LogP contribution in [0.4, 0.5) is 0 Å². The Kier molecular flexibility index (Phi) is 28.9. The van der Waals surface area contributed by atoms with Crippen LogP contribution in [0, 0.1) is 0 Å². The fourth-order valence-corrected chi connectivity index (χ4v) is 5.99. The van der Waals surface area contributed by atoms with Gasteiger partial charge in [0.15, 0.2) is 6.29 Å². The first-order valence-corrected chi connectivity index (χ1v) is 19.7. The van der Waals surface area contributed by atoms with Gasteiger partial charge in [0, 0.05) is 6.42 Å². The second-order valence-corrected chi connectivity index (χ2v) is 13.7. The summed E-state index contributed by atoms with van der Waals surface area (Å²) in [6.45, 7) is 3.72. The number of carbonyl (C=O) groups excluding carboxylic acids is 1. The Balaban J connectivity index is 2.33. The van der Waals surface area contributed by atoms with E-state index in [1.165, 1.54) is 64.2 Å². The molecule has 0 spiro atoms. The molecular weight excluding hydrogens is 622 g/mol. The molecule has 9 nitrogen and oxygen atoms in total. The fourth-order valence-electron chi connectivity index (χ4n) is 5.99. The minimum Gasteiger partial charge on any atom is -0.394 e. The summed E-state index contributed by atoms with van der Waals surface area (Å²) < 4.78 is 11.2. The van der Waals surface area contributed by atoms with Crippen LogP contribution < -0.4 is 5.32 Å². The monoisotopic (exact) mass is 696 g/mol. The molecule has 1 aliphatic rings. The number of aliphatic hydroxyl groups is 5. The molecule has 0 bridgehead atoms. The Morgan fingerprint density at radius 2 is 1.20 bits per heavy atom. The van der Waals surface area contributed by atoms with Gasteiger partial charge in [-0.25, -0.2) is 0 Å². The summed E-state index contributed by atoms with van der Waals surface area (Å²) in [5.74, 6) is -0.164. The Hall–Kier alpha value is -1.59. The number of amides is 1. The van der Waals surface area contributed by atoms with Crippen LogP contribution in [0.25, 0.3) is 0 Å². The van der Waals surface area contributed by atoms with Crippen molar-refractivity contribution in [1.82, 2.24) is 5.32 Å². The van der Waals surface area contributed by atoms with Gasteiger partial charge >= 0.3 is 0 Å². The van der Waals surface area contributed by atoms with Crippen molar-refractivity contribution < 1.29 is 39.8 Å². The van der Waals surface area contributed by atoms with Gasteiger partial charge in [-0.15, -0.1) is 0 Å². The largest absolute Gasteiger partial charge is 0.394 e. The number of hydrogen-bond donors (Lipinski definition) is 6. The second kappa shape index (κ2) is 31.2. The van der Waals surface area contributed by atoms with Crippen LogP contribution in [0.3, 0.4) is 0 Å². The Labute approximate surface area is 298 Å². The third kappa shape index (κ3) is 22.8. The van der Waals surface area contributed by atoms with Crippen molar-refractivity contribution in [3.05, 3.63) is 36.5 Å². The Bertz CT molecular complexity index is 863. The molecule has 1 saturated heterocycles. The number of carbonyl (C=O) groups is 1. The van der Waals surface area contributed by atoms with Gasteiger partial charge in [-0.1, -0.05) is 134 Å². The van der Waals surface area contributed by atoms with Crippen molar-refractivity contribution >= 4 is 5.91 Å². The minimum atomic E-state index is -1.55. The molecule has 9 heteroatoms. The van der Waals surface area contributed by atoms with Gasteiger partial charge in [-0.05, 0) is 51.4 Å². The standard InChI is InChI=1S/C40H73NO8/c1-3-5-7-9-11-12-13-14-15-16-17-18-19-20-21-22-24-26-28-30-36(44)41-33(34(43)29-27-25-23-10-8-6-4-2)32-48-40-39(47)38(46)37(45)35(31-42)49-40/h11-12,14-15,17-18,33-35,37-40,42-43,45-47H,3-10,13,16,19-32H2,1-2H3,(H,41,44)/b12-11-,15-14-,18-17-. The number of ether oxygens (including phenoxy) is 2. The van der Waals surface area contributed by atoms with Crippen molar-refractivity contribution in [3.8, 4) is 0 Å². The molecule has 1 fully saturated rings. The number of unbranched alkanes of at least 4 members (excludes halogenated alkanes) is 15. The zero-order valence-corrected chi connectivity index (χ0v) is 30.9. The Morgan fingerprint density at radius 1 is 0.694 bits per heavy atom. The molecule has 0 aliphatic carbocycles. The maximum atomic E-state index is 12.8. The molecule has 1 heterocycles. The van der Waals surface area contributed by atoms with E-state index in [0.29, 0.717) is 12.8 Å². The normalized spacial score (nSPS) is 22.8. The maximum Gasteiger partial charge on any atom is 0.220 e. The zero-order chi connectivity index (χ0) is 36.0. The van der Waals surface area contributed by atoms with Crippen LogP contribution in [0.2, 0.25) is 0 Å². The van der Waals surface area contributed by atoms with Crippen LogP contribution in [0.1, 0.15) is 155 Å². The maximum absolute atomic E-state index is 12.8. The smallest absolute Gasteiger partial charge is 0.220 e. The lowest BCUT2D eigenvalue weighted by Crippen LogP contribution is -2.60. The number of rotatable bonds is 31. The lowest BCUT2D eigenvalue weighted by atomic mass is 9.99. The van der Waals surface area contributed by atoms with E-state index in [9.17, 15) is 30.3 Å². The molecule has 1 rings (SSSR count). The fraction of sp³-hybridized carbons (Fsp3) is 0.825. The van der Waals surface area contributed by atoms with Crippen LogP contribution >= 0.6 is 0 Å². The van der Waals surface area contributed by atoms with Crippen LogP contribution in [-0.2, 0) is 14.3 Å². The number of aliphatic hydroxyl groups excluding tert-OH is 5. The van der Waals surface area contributed by atoms with E-state index >= 15 is 0 Å². The highest BCUT2D eigenvalue weighted by Crippen LogP contribution is 2.23. The average Bonchev–Trinajstić information content (AvgIpc) is 3.10. The van der Waals surface area contributed by atoms with Crippen LogP contribution in [-0.4, -0.2) is 87.5 Å². The highest BCUT2D eigenvalue weighted by Gasteiger charge is 2.44. The second-order valence-electron chi connectivity index (χ2n) is 13.7. The van der Waals surface area contributed by atoms with Gasteiger partial charge < -0.3 is 40.3 Å². The van der Waals surface area contributed by atoms with Crippen molar-refractivity contribution in [2.75, 3.05) is 13.2 Å². The first-order chi connectivity index (χ1) is 23.8. The first-order valence-electron chi connectivity index (χ1n) is 19.7. The highest BCUT2D eigenvalue weighted by atomic mass is 16.7. The predicted molar refractivity (Wildman–Crippen MR) is 198 cm³/mol. The van der Waals surface area contributed by atoms with Crippen molar-refractivity contribution in [3.63, 3.8) is 0 Å². The summed E-state index contributed by atoms with van der Waals surface area (Å²) in [7, 11) is 0. The molecule has 0 saturated carbocycles. The van der Waals surface area contributed by atoms with Gasteiger partial charge in [0.25, 0.3) is 0 Å². The molecule has 1 amide bonds. The molecule has 49 heavy (non-hydrogen) atoms. The summed E-state index contributed by atoms with van der Waals surface area (Å²) in [4.78, 5) is 12.8. The molecule has 0 aromatic heterocycles. The van der Waals surface area contributed by atoms with E-state index in [4.69, 9.17) is 9.47 Å². The molecule has 6 N–H and O–H groups in total. The topological polar surface area (TPSA) is 149 Å². The molecule has 0 aromatic rings. The summed E-state index contributed by atoms with van der Waals surface area (Å²) >= 11 is 0. The average molecular weight is 696 g/mol. The SMILES string of the molecule is CCCCC/C=C\C/C=C\C/C=C\CCCCCCCCC(=O)NC(COC1OC(CO)C(O)C(O)C1O)C(O)CCCCCCCCC. The quantitative estimate of drug-likeness (QED) is 0.0338. The van der Waals surface area contributed by atoms with E-state index < -0.39 is 49.5 Å².